The molecule has 0 radical (unpaired) electrons. The molecule has 4 nitrogen and oxygen atoms in total. The number of carbonyl (C=O) groups is 1. The molecular formula is C19H17BrFNO3. The van der Waals surface area contributed by atoms with E-state index in [-0.39, 0.29) is 12.4 Å². The van der Waals surface area contributed by atoms with Crippen LogP contribution >= 0.6 is 15.9 Å². The van der Waals surface area contributed by atoms with E-state index in [1.807, 2.05) is 31.1 Å². The van der Waals surface area contributed by atoms with Gasteiger partial charge in [0, 0.05) is 35.6 Å². The first-order valence-corrected chi connectivity index (χ1v) is 8.58. The molecule has 3 rings (SSSR count). The number of hydrogen-bond acceptors (Lipinski definition) is 4. The zero-order chi connectivity index (χ0) is 18.1. The monoisotopic (exact) mass is 405 g/mol. The Hall–Kier alpha value is -2.34. The standard InChI is InChI=1S/C19H17BrFNO3/c1-4-24-19(23)17-13-9-14(20)15(22(2)3)10-16(13)25-18(17)11-5-7-12(21)8-6-11/h5-10H,4H2,1-3H3. The highest BCUT2D eigenvalue weighted by molar-refractivity contribution is 9.10. The number of nitrogens with zero attached hydrogens (tertiary/aromatic N) is 1. The smallest absolute Gasteiger partial charge is 0.342 e. The molecule has 130 valence electrons. The molecule has 25 heavy (non-hydrogen) atoms. The van der Waals surface area contributed by atoms with E-state index < -0.39 is 5.97 Å². The topological polar surface area (TPSA) is 42.7 Å². The fraction of sp³-hybridized carbons (Fsp3) is 0.211. The van der Waals surface area contributed by atoms with Crippen LogP contribution in [0, 0.1) is 5.82 Å². The Morgan fingerprint density at radius 1 is 1.24 bits per heavy atom. The zero-order valence-corrected chi connectivity index (χ0v) is 15.7. The van der Waals surface area contributed by atoms with Crippen LogP contribution in [0.2, 0.25) is 0 Å². The fourth-order valence-corrected chi connectivity index (χ4v) is 3.36. The third kappa shape index (κ3) is 3.26. The third-order valence-electron chi connectivity index (χ3n) is 3.83. The molecule has 2 aromatic carbocycles. The van der Waals surface area contributed by atoms with Crippen LogP contribution < -0.4 is 4.90 Å². The predicted octanol–water partition coefficient (Wildman–Crippen LogP) is 5.24. The van der Waals surface area contributed by atoms with Crippen LogP contribution in [0.15, 0.2) is 45.3 Å². The SMILES string of the molecule is CCOC(=O)c1c(-c2ccc(F)cc2)oc2cc(N(C)C)c(Br)cc12. The normalized spacial score (nSPS) is 10.9. The van der Waals surface area contributed by atoms with Gasteiger partial charge in [-0.15, -0.1) is 0 Å². The Kier molecular flexibility index (Phi) is 4.81. The molecule has 0 atom stereocenters. The second kappa shape index (κ2) is 6.88. The van der Waals surface area contributed by atoms with Gasteiger partial charge in [0.15, 0.2) is 0 Å². The van der Waals surface area contributed by atoms with Crippen LogP contribution in [-0.2, 0) is 4.74 Å². The van der Waals surface area contributed by atoms with Crippen molar-refractivity contribution in [1.29, 1.82) is 0 Å². The van der Waals surface area contributed by atoms with Crippen LogP contribution in [-0.4, -0.2) is 26.7 Å². The number of halogens is 2. The quantitative estimate of drug-likeness (QED) is 0.556. The van der Waals surface area contributed by atoms with Gasteiger partial charge in [-0.1, -0.05) is 0 Å². The first kappa shape index (κ1) is 17.5. The molecular weight excluding hydrogens is 389 g/mol. The van der Waals surface area contributed by atoms with Crippen molar-refractivity contribution in [3.05, 3.63) is 52.3 Å². The van der Waals surface area contributed by atoms with Gasteiger partial charge < -0.3 is 14.1 Å². The van der Waals surface area contributed by atoms with Gasteiger partial charge in [-0.25, -0.2) is 9.18 Å². The van der Waals surface area contributed by atoms with E-state index in [0.29, 0.717) is 27.9 Å². The summed E-state index contributed by atoms with van der Waals surface area (Å²) in [6, 6.07) is 9.52. The van der Waals surface area contributed by atoms with Crippen LogP contribution in [0.1, 0.15) is 17.3 Å². The molecule has 1 aromatic heterocycles. The molecule has 0 amide bonds. The number of fused-ring (bicyclic) bond motifs is 1. The van der Waals surface area contributed by atoms with Gasteiger partial charge in [-0.2, -0.15) is 0 Å². The predicted molar refractivity (Wildman–Crippen MR) is 99.6 cm³/mol. The summed E-state index contributed by atoms with van der Waals surface area (Å²) in [4.78, 5) is 14.5. The Balaban J connectivity index is 2.29. The minimum atomic E-state index is -0.468. The summed E-state index contributed by atoms with van der Waals surface area (Å²) in [7, 11) is 3.84. The van der Waals surface area contributed by atoms with Gasteiger partial charge in [-0.05, 0) is 53.2 Å². The number of furan rings is 1. The fourth-order valence-electron chi connectivity index (χ4n) is 2.66. The summed E-state index contributed by atoms with van der Waals surface area (Å²) in [5, 5.41) is 0.648. The van der Waals surface area contributed by atoms with E-state index in [1.165, 1.54) is 12.1 Å². The lowest BCUT2D eigenvalue weighted by Crippen LogP contribution is -2.09. The number of ether oxygens (including phenoxy) is 1. The lowest BCUT2D eigenvalue weighted by atomic mass is 10.1. The minimum Gasteiger partial charge on any atom is -0.462 e. The molecule has 0 saturated heterocycles. The zero-order valence-electron chi connectivity index (χ0n) is 14.1. The number of carbonyl (C=O) groups excluding carboxylic acids is 1. The number of anilines is 1. The number of rotatable bonds is 4. The number of esters is 1. The lowest BCUT2D eigenvalue weighted by molar-refractivity contribution is 0.0529. The van der Waals surface area contributed by atoms with Gasteiger partial charge in [0.2, 0.25) is 0 Å². The average molecular weight is 406 g/mol. The minimum absolute atomic E-state index is 0.255. The largest absolute Gasteiger partial charge is 0.462 e. The molecule has 0 saturated carbocycles. The maximum atomic E-state index is 13.2. The van der Waals surface area contributed by atoms with Crippen molar-refractivity contribution >= 4 is 38.6 Å². The Morgan fingerprint density at radius 2 is 1.92 bits per heavy atom. The van der Waals surface area contributed by atoms with Gasteiger partial charge in [0.05, 0.1) is 12.3 Å². The van der Waals surface area contributed by atoms with Crippen molar-refractivity contribution in [2.45, 2.75) is 6.92 Å². The van der Waals surface area contributed by atoms with E-state index in [0.717, 1.165) is 10.2 Å². The molecule has 0 fully saturated rings. The second-order valence-corrected chi connectivity index (χ2v) is 6.58. The molecule has 0 aliphatic carbocycles. The Morgan fingerprint density at radius 3 is 2.52 bits per heavy atom. The molecule has 6 heteroatoms. The van der Waals surface area contributed by atoms with Crippen LogP contribution in [0.3, 0.4) is 0 Å². The highest BCUT2D eigenvalue weighted by atomic mass is 79.9. The maximum absolute atomic E-state index is 13.2. The third-order valence-corrected chi connectivity index (χ3v) is 4.46. The molecule has 1 heterocycles. The Bertz CT molecular complexity index is 932. The van der Waals surface area contributed by atoms with Gasteiger partial charge in [0.25, 0.3) is 0 Å². The van der Waals surface area contributed by atoms with E-state index >= 15 is 0 Å². The Labute approximate surface area is 153 Å². The first-order valence-electron chi connectivity index (χ1n) is 7.78. The van der Waals surface area contributed by atoms with Crippen LogP contribution in [0.4, 0.5) is 10.1 Å². The van der Waals surface area contributed by atoms with Crippen LogP contribution in [0.25, 0.3) is 22.3 Å². The average Bonchev–Trinajstić information content (AvgIpc) is 2.93. The molecule has 0 spiro atoms. The summed E-state index contributed by atoms with van der Waals surface area (Å²) < 4.78 is 25.2. The lowest BCUT2D eigenvalue weighted by Gasteiger charge is -2.14. The second-order valence-electron chi connectivity index (χ2n) is 5.73. The molecule has 3 aromatic rings. The van der Waals surface area contributed by atoms with Crippen molar-refractivity contribution in [2.24, 2.45) is 0 Å². The van der Waals surface area contributed by atoms with Crippen molar-refractivity contribution in [3.8, 4) is 11.3 Å². The van der Waals surface area contributed by atoms with Crippen molar-refractivity contribution in [2.75, 3.05) is 25.6 Å². The summed E-state index contributed by atoms with van der Waals surface area (Å²) in [5.74, 6) is -0.448. The van der Waals surface area contributed by atoms with E-state index in [1.54, 1.807) is 19.1 Å². The molecule has 0 unspecified atom stereocenters. The highest BCUT2D eigenvalue weighted by Crippen LogP contribution is 2.39. The highest BCUT2D eigenvalue weighted by Gasteiger charge is 2.24. The number of hydrogen-bond donors (Lipinski definition) is 0. The summed E-state index contributed by atoms with van der Waals surface area (Å²) in [6.07, 6.45) is 0. The summed E-state index contributed by atoms with van der Waals surface area (Å²) in [5.41, 5.74) is 2.44. The number of benzene rings is 2. The van der Waals surface area contributed by atoms with E-state index in [9.17, 15) is 9.18 Å². The maximum Gasteiger partial charge on any atom is 0.342 e. The molecule has 0 N–H and O–H groups in total. The van der Waals surface area contributed by atoms with E-state index in [4.69, 9.17) is 9.15 Å². The van der Waals surface area contributed by atoms with Crippen molar-refractivity contribution in [3.63, 3.8) is 0 Å². The molecule has 0 aliphatic heterocycles. The van der Waals surface area contributed by atoms with Crippen molar-refractivity contribution in [1.82, 2.24) is 0 Å². The molecule has 0 aliphatic rings. The summed E-state index contributed by atoms with van der Waals surface area (Å²) in [6.45, 7) is 2.00. The van der Waals surface area contributed by atoms with E-state index in [2.05, 4.69) is 15.9 Å². The van der Waals surface area contributed by atoms with Gasteiger partial charge in [-0.3, -0.25) is 0 Å². The molecule has 0 bridgehead atoms. The van der Waals surface area contributed by atoms with Gasteiger partial charge in [0.1, 0.15) is 22.7 Å². The van der Waals surface area contributed by atoms with Gasteiger partial charge >= 0.3 is 5.97 Å². The first-order chi connectivity index (χ1) is 11.9. The van der Waals surface area contributed by atoms with Crippen molar-refractivity contribution < 1.29 is 18.3 Å². The summed E-state index contributed by atoms with van der Waals surface area (Å²) >= 11 is 3.53. The van der Waals surface area contributed by atoms with Crippen LogP contribution in [0.5, 0.6) is 0 Å².